The van der Waals surface area contributed by atoms with Crippen LogP contribution in [-0.4, -0.2) is 22.5 Å². The van der Waals surface area contributed by atoms with Crippen molar-refractivity contribution in [3.05, 3.63) is 65.2 Å². The molecule has 0 aliphatic carbocycles. The Morgan fingerprint density at radius 3 is 2.23 bits per heavy atom. The second kappa shape index (κ2) is 7.56. The minimum atomic E-state index is -0.111. The van der Waals surface area contributed by atoms with Gasteiger partial charge in [0.25, 0.3) is 5.91 Å². The van der Waals surface area contributed by atoms with Crippen molar-refractivity contribution in [2.45, 2.75) is 12.8 Å². The number of rotatable bonds is 6. The van der Waals surface area contributed by atoms with E-state index in [0.717, 1.165) is 11.1 Å². The molecule has 22 heavy (non-hydrogen) atoms. The lowest BCUT2D eigenvalue weighted by Crippen LogP contribution is -2.25. The highest BCUT2D eigenvalue weighted by atomic mass is 32.1. The van der Waals surface area contributed by atoms with E-state index in [4.69, 9.17) is 18.0 Å². The fourth-order valence-electron chi connectivity index (χ4n) is 2.06. The Balaban J connectivity index is 1.84. The Labute approximate surface area is 135 Å². The maximum atomic E-state index is 12.0. The lowest BCUT2D eigenvalue weighted by molar-refractivity contribution is 0.0954. The van der Waals surface area contributed by atoms with E-state index in [1.165, 1.54) is 0 Å². The maximum absolute atomic E-state index is 12.0. The molecule has 0 fully saturated rings. The Kier molecular flexibility index (Phi) is 5.49. The van der Waals surface area contributed by atoms with Gasteiger partial charge < -0.3 is 16.2 Å². The van der Waals surface area contributed by atoms with Crippen molar-refractivity contribution >= 4 is 23.1 Å². The minimum Gasteiger partial charge on any atom is -0.508 e. The highest BCUT2D eigenvalue weighted by Crippen LogP contribution is 2.10. The topological polar surface area (TPSA) is 75.4 Å². The first-order valence-electron chi connectivity index (χ1n) is 6.98. The lowest BCUT2D eigenvalue weighted by Gasteiger charge is -2.06. The molecule has 0 saturated heterocycles. The molecular formula is C17H18N2O2S. The number of amides is 1. The number of phenols is 1. The third-order valence-electron chi connectivity index (χ3n) is 3.23. The number of nitrogens with two attached hydrogens (primary N) is 1. The molecule has 2 aromatic rings. The predicted octanol–water partition coefficient (Wildman–Crippen LogP) is 2.19. The Hall–Kier alpha value is -2.40. The van der Waals surface area contributed by atoms with Crippen LogP contribution >= 0.6 is 12.2 Å². The summed E-state index contributed by atoms with van der Waals surface area (Å²) in [6, 6.07) is 14.2. The quantitative estimate of drug-likeness (QED) is 0.715. The van der Waals surface area contributed by atoms with Gasteiger partial charge in [-0.3, -0.25) is 4.79 Å². The number of phenolic OH excluding ortho intramolecular Hbond substituents is 1. The van der Waals surface area contributed by atoms with Crippen LogP contribution in [0.2, 0.25) is 0 Å². The number of hydrogen-bond acceptors (Lipinski definition) is 3. The van der Waals surface area contributed by atoms with Crippen LogP contribution in [0, 0.1) is 0 Å². The molecular weight excluding hydrogens is 296 g/mol. The fraction of sp³-hybridized carbons (Fsp3) is 0.176. The van der Waals surface area contributed by atoms with Crippen LogP contribution in [0.25, 0.3) is 0 Å². The highest BCUT2D eigenvalue weighted by molar-refractivity contribution is 7.80. The van der Waals surface area contributed by atoms with Gasteiger partial charge in [-0.05, 0) is 41.8 Å². The number of carbonyl (C=O) groups excluding carboxylic acids is 1. The van der Waals surface area contributed by atoms with E-state index >= 15 is 0 Å². The van der Waals surface area contributed by atoms with Crippen molar-refractivity contribution in [2.24, 2.45) is 5.73 Å². The molecule has 0 atom stereocenters. The largest absolute Gasteiger partial charge is 0.508 e. The zero-order chi connectivity index (χ0) is 15.9. The minimum absolute atomic E-state index is 0.111. The SMILES string of the molecule is NC(=S)Cc1ccc(C(=O)NCCc2ccc(O)cc2)cc1. The van der Waals surface area contributed by atoms with E-state index in [2.05, 4.69) is 5.32 Å². The average molecular weight is 314 g/mol. The third-order valence-corrected chi connectivity index (χ3v) is 3.37. The number of nitrogens with one attached hydrogen (secondary N) is 1. The summed E-state index contributed by atoms with van der Waals surface area (Å²) in [7, 11) is 0. The van der Waals surface area contributed by atoms with Gasteiger partial charge in [-0.2, -0.15) is 0 Å². The molecule has 2 aromatic carbocycles. The summed E-state index contributed by atoms with van der Waals surface area (Å²) in [5.74, 6) is 0.130. The van der Waals surface area contributed by atoms with Crippen molar-refractivity contribution < 1.29 is 9.90 Å². The van der Waals surface area contributed by atoms with Crippen LogP contribution in [-0.2, 0) is 12.8 Å². The van der Waals surface area contributed by atoms with Crippen molar-refractivity contribution in [2.75, 3.05) is 6.54 Å². The van der Waals surface area contributed by atoms with Crippen molar-refractivity contribution in [1.29, 1.82) is 0 Å². The number of thiocarbonyl (C=S) groups is 1. The zero-order valence-electron chi connectivity index (χ0n) is 12.1. The third kappa shape index (κ3) is 4.86. The molecule has 0 spiro atoms. The number of carbonyl (C=O) groups is 1. The Morgan fingerprint density at radius 2 is 1.64 bits per heavy atom. The van der Waals surface area contributed by atoms with Gasteiger partial charge in [-0.15, -0.1) is 0 Å². The van der Waals surface area contributed by atoms with E-state index in [-0.39, 0.29) is 11.7 Å². The second-order valence-corrected chi connectivity index (χ2v) is 5.54. The van der Waals surface area contributed by atoms with Crippen molar-refractivity contribution in [3.8, 4) is 5.75 Å². The van der Waals surface area contributed by atoms with Gasteiger partial charge >= 0.3 is 0 Å². The summed E-state index contributed by atoms with van der Waals surface area (Å²) in [4.78, 5) is 12.5. The normalized spacial score (nSPS) is 10.2. The summed E-state index contributed by atoms with van der Waals surface area (Å²) < 4.78 is 0. The van der Waals surface area contributed by atoms with Crippen LogP contribution in [0.5, 0.6) is 5.75 Å². The Bertz CT molecular complexity index is 651. The average Bonchev–Trinajstić information content (AvgIpc) is 2.49. The van der Waals surface area contributed by atoms with E-state index < -0.39 is 0 Å². The molecule has 0 unspecified atom stereocenters. The first-order chi connectivity index (χ1) is 10.5. The summed E-state index contributed by atoms with van der Waals surface area (Å²) in [6.45, 7) is 0.540. The van der Waals surface area contributed by atoms with Crippen LogP contribution in [0.3, 0.4) is 0 Å². The van der Waals surface area contributed by atoms with Gasteiger partial charge in [0.15, 0.2) is 0 Å². The van der Waals surface area contributed by atoms with Gasteiger partial charge in [0.05, 0.1) is 4.99 Å². The standard InChI is InChI=1S/C17H18N2O2S/c18-16(22)11-13-1-5-14(6-2-13)17(21)19-10-9-12-3-7-15(20)8-4-12/h1-8,20H,9-11H2,(H2,18,22)(H,19,21). The molecule has 0 saturated carbocycles. The molecule has 5 heteroatoms. The van der Waals surface area contributed by atoms with Gasteiger partial charge in [-0.1, -0.05) is 36.5 Å². The summed E-state index contributed by atoms with van der Waals surface area (Å²) >= 11 is 4.86. The summed E-state index contributed by atoms with van der Waals surface area (Å²) in [5.41, 5.74) is 8.15. The van der Waals surface area contributed by atoms with Crippen molar-refractivity contribution in [1.82, 2.24) is 5.32 Å². The number of benzene rings is 2. The first kappa shape index (κ1) is 16.0. The van der Waals surface area contributed by atoms with Crippen LogP contribution in [0.1, 0.15) is 21.5 Å². The van der Waals surface area contributed by atoms with Gasteiger partial charge in [-0.25, -0.2) is 0 Å². The fourth-order valence-corrected chi connectivity index (χ4v) is 2.23. The molecule has 0 aromatic heterocycles. The van der Waals surface area contributed by atoms with Gasteiger partial charge in [0, 0.05) is 18.5 Å². The monoisotopic (exact) mass is 314 g/mol. The molecule has 0 bridgehead atoms. The van der Waals surface area contributed by atoms with E-state index in [0.29, 0.717) is 29.9 Å². The molecule has 0 aliphatic rings. The van der Waals surface area contributed by atoms with Crippen LogP contribution in [0.15, 0.2) is 48.5 Å². The number of aromatic hydroxyl groups is 1. The molecule has 114 valence electrons. The Morgan fingerprint density at radius 1 is 1.05 bits per heavy atom. The smallest absolute Gasteiger partial charge is 0.251 e. The molecule has 2 rings (SSSR count). The molecule has 4 N–H and O–H groups in total. The highest BCUT2D eigenvalue weighted by Gasteiger charge is 2.05. The van der Waals surface area contributed by atoms with E-state index in [1.54, 1.807) is 24.3 Å². The molecule has 1 amide bonds. The zero-order valence-corrected chi connectivity index (χ0v) is 12.9. The molecule has 4 nitrogen and oxygen atoms in total. The second-order valence-electron chi connectivity index (χ2n) is 5.01. The number of hydrogen-bond donors (Lipinski definition) is 3. The van der Waals surface area contributed by atoms with E-state index in [1.807, 2.05) is 24.3 Å². The van der Waals surface area contributed by atoms with Crippen LogP contribution < -0.4 is 11.1 Å². The van der Waals surface area contributed by atoms with Crippen molar-refractivity contribution in [3.63, 3.8) is 0 Å². The molecule has 0 aliphatic heterocycles. The van der Waals surface area contributed by atoms with Gasteiger partial charge in [0.2, 0.25) is 0 Å². The predicted molar refractivity (Wildman–Crippen MR) is 91.1 cm³/mol. The maximum Gasteiger partial charge on any atom is 0.251 e. The van der Waals surface area contributed by atoms with E-state index in [9.17, 15) is 9.90 Å². The summed E-state index contributed by atoms with van der Waals surface area (Å²) in [5, 5.41) is 12.1. The van der Waals surface area contributed by atoms with Gasteiger partial charge in [0.1, 0.15) is 5.75 Å². The van der Waals surface area contributed by atoms with Crippen LogP contribution in [0.4, 0.5) is 0 Å². The summed E-state index contributed by atoms with van der Waals surface area (Å²) in [6.07, 6.45) is 1.25. The molecule has 0 heterocycles. The first-order valence-corrected chi connectivity index (χ1v) is 7.39. The molecule has 0 radical (unpaired) electrons. The lowest BCUT2D eigenvalue weighted by atomic mass is 10.1.